The van der Waals surface area contributed by atoms with Gasteiger partial charge in [-0.3, -0.25) is 9.59 Å². The summed E-state index contributed by atoms with van der Waals surface area (Å²) >= 11 is 5.97. The molecule has 0 bridgehead atoms. The summed E-state index contributed by atoms with van der Waals surface area (Å²) < 4.78 is 11.4. The molecule has 2 amide bonds. The van der Waals surface area contributed by atoms with Crippen molar-refractivity contribution in [3.63, 3.8) is 0 Å². The molecule has 36 heavy (non-hydrogen) atoms. The van der Waals surface area contributed by atoms with Gasteiger partial charge in [0, 0.05) is 10.6 Å². The Kier molecular flexibility index (Phi) is 8.31. The van der Waals surface area contributed by atoms with Crippen molar-refractivity contribution in [2.45, 2.75) is 77.2 Å². The molecule has 0 aliphatic carbocycles. The third-order valence-corrected chi connectivity index (χ3v) is 6.18. The van der Waals surface area contributed by atoms with Gasteiger partial charge in [-0.15, -0.1) is 0 Å². The number of unbranched alkanes of at least 4 members (excludes halogenated alkanes) is 1. The average Bonchev–Trinajstić information content (AvgIpc) is 2.80. The minimum atomic E-state index is -1.76. The highest BCUT2D eigenvalue weighted by Gasteiger charge is 2.47. The number of halogens is 1. The molecule has 8 nitrogen and oxygen atoms in total. The fourth-order valence-electron chi connectivity index (χ4n) is 3.95. The van der Waals surface area contributed by atoms with E-state index in [-0.39, 0.29) is 5.91 Å². The quantitative estimate of drug-likeness (QED) is 0.444. The van der Waals surface area contributed by atoms with Gasteiger partial charge in [0.2, 0.25) is 0 Å². The normalized spacial score (nSPS) is 17.6. The van der Waals surface area contributed by atoms with Crippen LogP contribution in [-0.4, -0.2) is 35.5 Å². The zero-order valence-corrected chi connectivity index (χ0v) is 22.1. The zero-order valence-electron chi connectivity index (χ0n) is 21.3. The van der Waals surface area contributed by atoms with Crippen LogP contribution in [0.1, 0.15) is 69.8 Å². The number of carbonyl (C=O) groups is 3. The minimum Gasteiger partial charge on any atom is -0.479 e. The maximum Gasteiger partial charge on any atom is 0.333 e. The lowest BCUT2D eigenvalue weighted by molar-refractivity contribution is -0.163. The minimum absolute atomic E-state index is 0.307. The lowest BCUT2D eigenvalue weighted by Crippen LogP contribution is -2.62. The second kappa shape index (κ2) is 10.9. The number of nitrogens with one attached hydrogen (secondary N) is 2. The van der Waals surface area contributed by atoms with Gasteiger partial charge in [-0.25, -0.2) is 4.79 Å². The Morgan fingerprint density at radius 2 is 1.86 bits per heavy atom. The lowest BCUT2D eigenvalue weighted by atomic mass is 9.80. The Bertz CT molecular complexity index is 1130. The van der Waals surface area contributed by atoms with Crippen LogP contribution in [0.25, 0.3) is 0 Å². The van der Waals surface area contributed by atoms with Crippen LogP contribution in [0, 0.1) is 0 Å². The fourth-order valence-corrected chi connectivity index (χ4v) is 4.08. The van der Waals surface area contributed by atoms with Crippen molar-refractivity contribution in [1.29, 1.82) is 0 Å². The third kappa shape index (κ3) is 6.17. The van der Waals surface area contributed by atoms with Gasteiger partial charge in [0.25, 0.3) is 11.8 Å². The maximum atomic E-state index is 13.7. The highest BCUT2D eigenvalue weighted by molar-refractivity contribution is 6.30. The molecular formula is C27H34ClN3O5. The molecule has 2 aromatic carbocycles. The number of ether oxygens (including phenoxy) is 2. The average molecular weight is 516 g/mol. The van der Waals surface area contributed by atoms with Crippen molar-refractivity contribution in [2.75, 3.05) is 5.32 Å². The molecule has 0 spiro atoms. The van der Waals surface area contributed by atoms with E-state index < -0.39 is 35.2 Å². The molecule has 0 aromatic heterocycles. The highest BCUT2D eigenvalue weighted by atomic mass is 35.5. The Morgan fingerprint density at radius 1 is 1.19 bits per heavy atom. The topological polar surface area (TPSA) is 120 Å². The van der Waals surface area contributed by atoms with Crippen molar-refractivity contribution in [3.8, 4) is 5.75 Å². The summed E-state index contributed by atoms with van der Waals surface area (Å²) in [5, 5.41) is 6.26. The summed E-state index contributed by atoms with van der Waals surface area (Å²) in [5.74, 6) is -0.927. The van der Waals surface area contributed by atoms with Crippen LogP contribution in [-0.2, 0) is 19.9 Å². The summed E-state index contributed by atoms with van der Waals surface area (Å²) in [4.78, 5) is 39.1. The van der Waals surface area contributed by atoms with Crippen molar-refractivity contribution < 1.29 is 23.9 Å². The molecule has 1 heterocycles. The van der Waals surface area contributed by atoms with Crippen LogP contribution >= 0.6 is 11.6 Å². The number of anilines is 1. The molecule has 4 N–H and O–H groups in total. The first-order valence-electron chi connectivity index (χ1n) is 12.1. The van der Waals surface area contributed by atoms with Gasteiger partial charge in [-0.2, -0.15) is 0 Å². The van der Waals surface area contributed by atoms with Crippen LogP contribution in [0.4, 0.5) is 5.69 Å². The Morgan fingerprint density at radius 3 is 2.47 bits per heavy atom. The molecule has 0 fully saturated rings. The van der Waals surface area contributed by atoms with Crippen molar-refractivity contribution in [1.82, 2.24) is 5.32 Å². The van der Waals surface area contributed by atoms with Gasteiger partial charge in [0.1, 0.15) is 11.4 Å². The second-order valence-electron chi connectivity index (χ2n) is 10.0. The molecule has 0 saturated heterocycles. The van der Waals surface area contributed by atoms with Gasteiger partial charge < -0.3 is 25.8 Å². The second-order valence-corrected chi connectivity index (χ2v) is 10.4. The van der Waals surface area contributed by atoms with E-state index in [0.29, 0.717) is 40.4 Å². The van der Waals surface area contributed by atoms with Crippen LogP contribution in [0.15, 0.2) is 42.5 Å². The SMILES string of the molecule is CCCCC(NC(=O)c1ccc(Cl)cc1)C(N)(C(=O)OC(C)(C)C)c1ccc2c(c1)NC(=O)C(C)O2. The molecule has 2 aromatic rings. The van der Waals surface area contributed by atoms with Crippen LogP contribution in [0.2, 0.25) is 5.02 Å². The summed E-state index contributed by atoms with van der Waals surface area (Å²) in [6.07, 6.45) is 1.30. The first kappa shape index (κ1) is 27.5. The van der Waals surface area contributed by atoms with Gasteiger partial charge in [0.05, 0.1) is 11.7 Å². The largest absolute Gasteiger partial charge is 0.479 e. The summed E-state index contributed by atoms with van der Waals surface area (Å²) in [7, 11) is 0. The molecule has 3 unspecified atom stereocenters. The third-order valence-electron chi connectivity index (χ3n) is 5.93. The van der Waals surface area contributed by atoms with E-state index in [1.807, 2.05) is 6.92 Å². The van der Waals surface area contributed by atoms with Crippen molar-refractivity contribution in [2.24, 2.45) is 5.73 Å². The van der Waals surface area contributed by atoms with E-state index in [4.69, 9.17) is 26.8 Å². The number of rotatable bonds is 8. The predicted octanol–water partition coefficient (Wildman–Crippen LogP) is 4.54. The van der Waals surface area contributed by atoms with Crippen LogP contribution < -0.4 is 21.1 Å². The molecule has 194 valence electrons. The Balaban J connectivity index is 2.08. The van der Waals surface area contributed by atoms with E-state index in [1.54, 1.807) is 70.2 Å². The molecule has 3 atom stereocenters. The van der Waals surface area contributed by atoms with Crippen LogP contribution in [0.3, 0.4) is 0 Å². The maximum absolute atomic E-state index is 13.7. The fraction of sp³-hybridized carbons (Fsp3) is 0.444. The zero-order chi connectivity index (χ0) is 26.7. The summed E-state index contributed by atoms with van der Waals surface area (Å²) in [5.41, 5.74) is 5.52. The number of carbonyl (C=O) groups excluding carboxylic acids is 3. The van der Waals surface area contributed by atoms with Gasteiger partial charge in [0.15, 0.2) is 11.6 Å². The van der Waals surface area contributed by atoms with Gasteiger partial charge >= 0.3 is 5.97 Å². The number of hydrogen-bond acceptors (Lipinski definition) is 6. The van der Waals surface area contributed by atoms with Crippen molar-refractivity contribution >= 4 is 35.1 Å². The first-order chi connectivity index (χ1) is 16.8. The monoisotopic (exact) mass is 515 g/mol. The number of esters is 1. The van der Waals surface area contributed by atoms with E-state index in [0.717, 1.165) is 6.42 Å². The molecule has 1 aliphatic rings. The highest BCUT2D eigenvalue weighted by Crippen LogP contribution is 2.36. The molecule has 1 aliphatic heterocycles. The van der Waals surface area contributed by atoms with E-state index in [9.17, 15) is 14.4 Å². The van der Waals surface area contributed by atoms with Crippen molar-refractivity contribution in [3.05, 3.63) is 58.6 Å². The Hall–Kier alpha value is -3.10. The van der Waals surface area contributed by atoms with E-state index in [2.05, 4.69) is 10.6 Å². The summed E-state index contributed by atoms with van der Waals surface area (Å²) in [6.45, 7) is 8.91. The number of nitrogens with two attached hydrogens (primary N) is 1. The molecular weight excluding hydrogens is 482 g/mol. The van der Waals surface area contributed by atoms with E-state index in [1.165, 1.54) is 0 Å². The van der Waals surface area contributed by atoms with E-state index >= 15 is 0 Å². The predicted molar refractivity (Wildman–Crippen MR) is 139 cm³/mol. The van der Waals surface area contributed by atoms with Gasteiger partial charge in [-0.05, 0) is 76.1 Å². The lowest BCUT2D eigenvalue weighted by Gasteiger charge is -2.39. The molecule has 3 rings (SSSR count). The standard InChI is InChI=1S/C27H34ClN3O5/c1-6-7-8-22(31-24(33)17-9-12-19(28)13-10-17)27(29,25(34)36-26(3,4)5)18-11-14-21-20(15-18)30-23(32)16(2)35-21/h9-16,22H,6-8,29H2,1-5H3,(H,30,32)(H,31,33). The van der Waals surface area contributed by atoms with Gasteiger partial charge in [-0.1, -0.05) is 37.4 Å². The van der Waals surface area contributed by atoms with Crippen LogP contribution in [0.5, 0.6) is 5.75 Å². The molecule has 0 radical (unpaired) electrons. The smallest absolute Gasteiger partial charge is 0.333 e. The molecule has 9 heteroatoms. The summed E-state index contributed by atoms with van der Waals surface area (Å²) in [6, 6.07) is 10.6. The number of hydrogen-bond donors (Lipinski definition) is 3. The number of benzene rings is 2. The number of fused-ring (bicyclic) bond motifs is 1. The first-order valence-corrected chi connectivity index (χ1v) is 12.4. The number of amides is 2. The Labute approximate surface area is 216 Å². The molecule has 0 saturated carbocycles.